The fourth-order valence-electron chi connectivity index (χ4n) is 1.26. The smallest absolute Gasteiger partial charge is 0.0964 e. The van der Waals surface area contributed by atoms with Crippen LogP contribution >= 0.6 is 11.8 Å². The Kier molecular flexibility index (Phi) is 6.58. The van der Waals surface area contributed by atoms with Gasteiger partial charge in [0.05, 0.1) is 10.5 Å². The molecule has 2 rings (SSSR count). The predicted molar refractivity (Wildman–Crippen MR) is 75.3 cm³/mol. The molecule has 17 heavy (non-hydrogen) atoms. The molecule has 92 valence electrons. The van der Waals surface area contributed by atoms with E-state index in [1.807, 2.05) is 30.7 Å². The number of nitrogens with zero attached hydrogens (tertiary/aromatic N) is 2. The molecule has 0 aliphatic heterocycles. The van der Waals surface area contributed by atoms with E-state index in [4.69, 9.17) is 5.73 Å². The third kappa shape index (κ3) is 4.71. The second-order valence-electron chi connectivity index (χ2n) is 3.56. The number of thioether (sulfide) groups is 1. The molecule has 3 nitrogen and oxygen atoms in total. The van der Waals surface area contributed by atoms with E-state index in [-0.39, 0.29) is 0 Å². The highest BCUT2D eigenvalue weighted by molar-refractivity contribution is 7.98. The molecule has 0 saturated carbocycles. The van der Waals surface area contributed by atoms with E-state index >= 15 is 0 Å². The van der Waals surface area contributed by atoms with Gasteiger partial charge >= 0.3 is 0 Å². The van der Waals surface area contributed by atoms with Gasteiger partial charge in [0.1, 0.15) is 0 Å². The summed E-state index contributed by atoms with van der Waals surface area (Å²) in [5.41, 5.74) is 6.15. The first-order valence-corrected chi connectivity index (χ1v) is 6.99. The maximum atomic E-state index is 5.14. The summed E-state index contributed by atoms with van der Waals surface area (Å²) in [6.07, 6.45) is 8.00. The van der Waals surface area contributed by atoms with Gasteiger partial charge in [0.15, 0.2) is 0 Å². The zero-order valence-corrected chi connectivity index (χ0v) is 11.2. The standard InChI is InChI=1S/C9H8N2S.C4H11N/c1-12-9-3-2-7-6-10-5-4-8(7)11-9;1-2-3-4-5/h2-6H,1H3;2-5H2,1H3. The van der Waals surface area contributed by atoms with Crippen LogP contribution in [0.15, 0.2) is 35.6 Å². The highest BCUT2D eigenvalue weighted by Gasteiger charge is 1.95. The molecule has 0 aliphatic rings. The van der Waals surface area contributed by atoms with E-state index in [2.05, 4.69) is 16.9 Å². The molecule has 0 bridgehead atoms. The molecule has 2 aromatic rings. The lowest BCUT2D eigenvalue weighted by Crippen LogP contribution is -1.95. The minimum Gasteiger partial charge on any atom is -0.330 e. The second-order valence-corrected chi connectivity index (χ2v) is 4.39. The summed E-state index contributed by atoms with van der Waals surface area (Å²) in [4.78, 5) is 8.44. The molecule has 0 aliphatic carbocycles. The Bertz CT molecular complexity index is 443. The molecule has 0 fully saturated rings. The van der Waals surface area contributed by atoms with E-state index in [9.17, 15) is 0 Å². The Morgan fingerprint density at radius 1 is 1.29 bits per heavy atom. The third-order valence-corrected chi connectivity index (χ3v) is 2.88. The van der Waals surface area contributed by atoms with Crippen molar-refractivity contribution in [2.75, 3.05) is 12.8 Å². The Hall–Kier alpha value is -1.13. The van der Waals surface area contributed by atoms with Gasteiger partial charge in [-0.3, -0.25) is 4.98 Å². The zero-order chi connectivity index (χ0) is 12.5. The van der Waals surface area contributed by atoms with Gasteiger partial charge in [-0.25, -0.2) is 4.98 Å². The Morgan fingerprint density at radius 3 is 2.71 bits per heavy atom. The quantitative estimate of drug-likeness (QED) is 0.849. The van der Waals surface area contributed by atoms with Crippen LogP contribution in [0.1, 0.15) is 19.8 Å². The van der Waals surface area contributed by atoms with Gasteiger partial charge in [-0.2, -0.15) is 0 Å². The van der Waals surface area contributed by atoms with Gasteiger partial charge in [0.25, 0.3) is 0 Å². The van der Waals surface area contributed by atoms with Crippen LogP contribution in [-0.4, -0.2) is 22.8 Å². The molecule has 0 atom stereocenters. The third-order valence-electron chi connectivity index (χ3n) is 2.23. The summed E-state index contributed by atoms with van der Waals surface area (Å²) in [5, 5.41) is 2.14. The van der Waals surface area contributed by atoms with E-state index < -0.39 is 0 Å². The number of pyridine rings is 2. The number of rotatable bonds is 3. The van der Waals surface area contributed by atoms with Crippen molar-refractivity contribution in [3.63, 3.8) is 0 Å². The van der Waals surface area contributed by atoms with Crippen LogP contribution in [0.5, 0.6) is 0 Å². The van der Waals surface area contributed by atoms with Crippen LogP contribution in [0.4, 0.5) is 0 Å². The van der Waals surface area contributed by atoms with E-state index in [0.717, 1.165) is 22.5 Å². The van der Waals surface area contributed by atoms with Gasteiger partial charge < -0.3 is 5.73 Å². The normalized spacial score (nSPS) is 9.82. The lowest BCUT2D eigenvalue weighted by Gasteiger charge is -1.97. The fourth-order valence-corrected chi connectivity index (χ4v) is 1.66. The molecule has 0 unspecified atom stereocenters. The molecule has 2 aromatic heterocycles. The molecule has 2 heterocycles. The number of nitrogens with two attached hydrogens (primary N) is 1. The van der Waals surface area contributed by atoms with Crippen molar-refractivity contribution in [2.45, 2.75) is 24.8 Å². The SMILES string of the molecule is CCCCN.CSc1ccc2cnccc2n1. The van der Waals surface area contributed by atoms with Crippen molar-refractivity contribution < 1.29 is 0 Å². The Balaban J connectivity index is 0.000000249. The highest BCUT2D eigenvalue weighted by Crippen LogP contribution is 2.16. The first-order chi connectivity index (χ1) is 8.31. The summed E-state index contributed by atoms with van der Waals surface area (Å²) in [7, 11) is 0. The molecule has 0 saturated heterocycles. The molecule has 0 aromatic carbocycles. The summed E-state index contributed by atoms with van der Waals surface area (Å²) in [5.74, 6) is 0. The lowest BCUT2D eigenvalue weighted by molar-refractivity contribution is 0.807. The molecular weight excluding hydrogens is 230 g/mol. The van der Waals surface area contributed by atoms with Crippen molar-refractivity contribution in [2.24, 2.45) is 5.73 Å². The summed E-state index contributed by atoms with van der Waals surface area (Å²) >= 11 is 1.65. The number of aromatic nitrogens is 2. The van der Waals surface area contributed by atoms with Crippen LogP contribution < -0.4 is 5.73 Å². The van der Waals surface area contributed by atoms with Crippen LogP contribution in [0.25, 0.3) is 10.9 Å². The predicted octanol–water partition coefficient (Wildman–Crippen LogP) is 3.10. The van der Waals surface area contributed by atoms with Crippen LogP contribution in [0.2, 0.25) is 0 Å². The summed E-state index contributed by atoms with van der Waals surface area (Å²) in [6, 6.07) is 5.98. The van der Waals surface area contributed by atoms with Crippen molar-refractivity contribution >= 4 is 22.7 Å². The van der Waals surface area contributed by atoms with Crippen LogP contribution in [-0.2, 0) is 0 Å². The van der Waals surface area contributed by atoms with Gasteiger partial charge in [-0.15, -0.1) is 11.8 Å². The number of unbranched alkanes of at least 4 members (excludes halogenated alkanes) is 1. The molecule has 2 N–H and O–H groups in total. The summed E-state index contributed by atoms with van der Waals surface area (Å²) < 4.78 is 0. The number of hydrogen-bond donors (Lipinski definition) is 1. The number of hydrogen-bond acceptors (Lipinski definition) is 4. The van der Waals surface area contributed by atoms with Gasteiger partial charge in [0, 0.05) is 17.8 Å². The zero-order valence-electron chi connectivity index (χ0n) is 10.4. The van der Waals surface area contributed by atoms with Crippen molar-refractivity contribution in [3.05, 3.63) is 30.6 Å². The van der Waals surface area contributed by atoms with Crippen molar-refractivity contribution in [3.8, 4) is 0 Å². The first-order valence-electron chi connectivity index (χ1n) is 5.76. The van der Waals surface area contributed by atoms with Crippen LogP contribution in [0, 0.1) is 0 Å². The number of fused-ring (bicyclic) bond motifs is 1. The molecule has 0 radical (unpaired) electrons. The molecular formula is C13H19N3S. The average Bonchev–Trinajstić information content (AvgIpc) is 2.40. The monoisotopic (exact) mass is 249 g/mol. The minimum absolute atomic E-state index is 0.844. The summed E-state index contributed by atoms with van der Waals surface area (Å²) in [6.45, 7) is 2.98. The maximum absolute atomic E-state index is 5.14. The van der Waals surface area contributed by atoms with Crippen molar-refractivity contribution in [1.82, 2.24) is 9.97 Å². The van der Waals surface area contributed by atoms with E-state index in [1.165, 1.54) is 12.8 Å². The van der Waals surface area contributed by atoms with E-state index in [1.54, 1.807) is 18.0 Å². The molecule has 0 amide bonds. The highest BCUT2D eigenvalue weighted by atomic mass is 32.2. The second kappa shape index (κ2) is 8.03. The minimum atomic E-state index is 0.844. The lowest BCUT2D eigenvalue weighted by atomic mass is 10.3. The fraction of sp³-hybridized carbons (Fsp3) is 0.385. The van der Waals surface area contributed by atoms with Gasteiger partial charge in [-0.05, 0) is 37.4 Å². The molecule has 0 spiro atoms. The molecule has 4 heteroatoms. The maximum Gasteiger partial charge on any atom is 0.0964 e. The average molecular weight is 249 g/mol. The largest absolute Gasteiger partial charge is 0.330 e. The first kappa shape index (κ1) is 13.9. The topological polar surface area (TPSA) is 51.8 Å². The van der Waals surface area contributed by atoms with Crippen LogP contribution in [0.3, 0.4) is 0 Å². The van der Waals surface area contributed by atoms with Gasteiger partial charge in [-0.1, -0.05) is 13.3 Å². The van der Waals surface area contributed by atoms with Gasteiger partial charge in [0.2, 0.25) is 0 Å². The van der Waals surface area contributed by atoms with E-state index in [0.29, 0.717) is 0 Å². The Morgan fingerprint density at radius 2 is 2.12 bits per heavy atom. The van der Waals surface area contributed by atoms with Crippen molar-refractivity contribution in [1.29, 1.82) is 0 Å². The Labute approximate surface area is 107 Å².